The van der Waals surface area contributed by atoms with Crippen molar-refractivity contribution in [3.05, 3.63) is 58.9 Å². The first kappa shape index (κ1) is 38.0. The lowest BCUT2D eigenvalue weighted by molar-refractivity contribution is 0.00752. The first-order valence-electron chi connectivity index (χ1n) is 16.8. The number of unbranched alkanes of at least 4 members (excludes halogenated alkanes) is 1. The second-order valence-corrected chi connectivity index (χ2v) is 13.4. The minimum absolute atomic E-state index is 0.115. The standard InChI is InChI=1S/C37H54FN3O6/c1-9-39(20-22-46-8)34(42)29-16-18-33(38)32(24-29)31-17-15-28(23-27(31)13-10-11-21-45-7)35(43)41(26(2)3)30-14-12-19-40(25-30)36(44)47-37(4,5)6/h15-18,23-24,26,30H,9-14,19-22,25H2,1-8H3. The summed E-state index contributed by atoms with van der Waals surface area (Å²) in [6.45, 7) is 14.3. The summed E-state index contributed by atoms with van der Waals surface area (Å²) in [4.78, 5) is 45.6. The fraction of sp³-hybridized carbons (Fsp3) is 0.595. The van der Waals surface area contributed by atoms with E-state index in [1.54, 1.807) is 42.2 Å². The van der Waals surface area contributed by atoms with Crippen LogP contribution in [-0.4, -0.2) is 104 Å². The Morgan fingerprint density at radius 2 is 1.64 bits per heavy atom. The molecule has 47 heavy (non-hydrogen) atoms. The van der Waals surface area contributed by atoms with E-state index in [-0.39, 0.29) is 30.0 Å². The van der Waals surface area contributed by atoms with Crippen LogP contribution in [0.3, 0.4) is 0 Å². The maximum Gasteiger partial charge on any atom is 0.410 e. The van der Waals surface area contributed by atoms with Gasteiger partial charge in [0.05, 0.1) is 12.6 Å². The highest BCUT2D eigenvalue weighted by atomic mass is 19.1. The molecule has 1 aliphatic heterocycles. The quantitative estimate of drug-likeness (QED) is 0.208. The summed E-state index contributed by atoms with van der Waals surface area (Å²) in [5.74, 6) is -0.770. The minimum Gasteiger partial charge on any atom is -0.444 e. The summed E-state index contributed by atoms with van der Waals surface area (Å²) in [7, 11) is 3.25. The summed E-state index contributed by atoms with van der Waals surface area (Å²) in [5.41, 5.74) is 2.08. The molecule has 3 amide bonds. The average molecular weight is 656 g/mol. The van der Waals surface area contributed by atoms with Crippen LogP contribution < -0.4 is 0 Å². The summed E-state index contributed by atoms with van der Waals surface area (Å²) < 4.78 is 31.5. The molecule has 2 aromatic rings. The van der Waals surface area contributed by atoms with Crippen LogP contribution in [0.5, 0.6) is 0 Å². The molecule has 0 N–H and O–H groups in total. The number of carbonyl (C=O) groups is 3. The normalized spacial score (nSPS) is 15.1. The van der Waals surface area contributed by atoms with Gasteiger partial charge in [0.1, 0.15) is 11.4 Å². The van der Waals surface area contributed by atoms with E-state index in [1.807, 2.05) is 52.5 Å². The van der Waals surface area contributed by atoms with Gasteiger partial charge in [-0.15, -0.1) is 0 Å². The van der Waals surface area contributed by atoms with Gasteiger partial charge < -0.3 is 28.9 Å². The fourth-order valence-electron chi connectivity index (χ4n) is 6.06. The fourth-order valence-corrected chi connectivity index (χ4v) is 6.06. The molecular formula is C37H54FN3O6. The van der Waals surface area contributed by atoms with E-state index >= 15 is 4.39 Å². The number of halogens is 1. The number of likely N-dealkylation sites (tertiary alicyclic amines) is 1. The summed E-state index contributed by atoms with van der Waals surface area (Å²) in [5, 5.41) is 0. The van der Waals surface area contributed by atoms with Gasteiger partial charge in [-0.05, 0) is 115 Å². The van der Waals surface area contributed by atoms with Crippen LogP contribution in [0.2, 0.25) is 0 Å². The second-order valence-electron chi connectivity index (χ2n) is 13.4. The minimum atomic E-state index is -0.606. The summed E-state index contributed by atoms with van der Waals surface area (Å²) >= 11 is 0. The number of carbonyl (C=O) groups excluding carboxylic acids is 3. The molecule has 0 saturated carbocycles. The number of hydrogen-bond acceptors (Lipinski definition) is 6. The summed E-state index contributed by atoms with van der Waals surface area (Å²) in [6.07, 6.45) is 3.35. The van der Waals surface area contributed by atoms with Crippen molar-refractivity contribution in [2.24, 2.45) is 0 Å². The third-order valence-electron chi connectivity index (χ3n) is 8.37. The zero-order chi connectivity index (χ0) is 34.7. The van der Waals surface area contributed by atoms with Crippen molar-refractivity contribution in [2.45, 2.75) is 91.3 Å². The lowest BCUT2D eigenvalue weighted by Gasteiger charge is -2.41. The molecule has 0 bridgehead atoms. The van der Waals surface area contributed by atoms with Crippen LogP contribution in [0, 0.1) is 5.82 Å². The Balaban J connectivity index is 1.97. The van der Waals surface area contributed by atoms with E-state index in [2.05, 4.69) is 0 Å². The Kier molecular flexibility index (Phi) is 14.2. The molecular weight excluding hydrogens is 601 g/mol. The second kappa shape index (κ2) is 17.6. The van der Waals surface area contributed by atoms with E-state index in [9.17, 15) is 14.4 Å². The highest BCUT2D eigenvalue weighted by Gasteiger charge is 2.34. The molecule has 1 aliphatic rings. The van der Waals surface area contributed by atoms with E-state index < -0.39 is 11.4 Å². The topological polar surface area (TPSA) is 88.6 Å². The summed E-state index contributed by atoms with van der Waals surface area (Å²) in [6, 6.07) is 9.56. The predicted molar refractivity (Wildman–Crippen MR) is 182 cm³/mol. The number of hydrogen-bond donors (Lipinski definition) is 0. The molecule has 0 spiro atoms. The van der Waals surface area contributed by atoms with Gasteiger partial charge in [0.25, 0.3) is 11.8 Å². The highest BCUT2D eigenvalue weighted by Crippen LogP contribution is 2.31. The van der Waals surface area contributed by atoms with Crippen molar-refractivity contribution < 1.29 is 33.0 Å². The van der Waals surface area contributed by atoms with E-state index in [0.717, 1.165) is 31.2 Å². The number of nitrogens with zero attached hydrogens (tertiary/aromatic N) is 3. The first-order chi connectivity index (χ1) is 22.3. The van der Waals surface area contributed by atoms with Gasteiger partial charge in [0, 0.05) is 69.7 Å². The molecule has 1 saturated heterocycles. The molecule has 1 heterocycles. The lowest BCUT2D eigenvalue weighted by atomic mass is 9.92. The monoisotopic (exact) mass is 655 g/mol. The Hall–Kier alpha value is -3.50. The number of methoxy groups -OCH3 is 2. The van der Waals surface area contributed by atoms with Crippen LogP contribution in [0.25, 0.3) is 11.1 Å². The SMILES string of the molecule is CCN(CCOC)C(=O)c1ccc(F)c(-c2ccc(C(=O)N(C(C)C)C3CCCN(C(=O)OC(C)(C)C)C3)cc2CCCCOC)c1. The molecule has 0 aliphatic carbocycles. The van der Waals surface area contributed by atoms with E-state index in [1.165, 1.54) is 12.1 Å². The maximum atomic E-state index is 15.5. The lowest BCUT2D eigenvalue weighted by Crippen LogP contribution is -2.54. The third kappa shape index (κ3) is 10.5. The number of benzene rings is 2. The van der Waals surface area contributed by atoms with Crippen molar-refractivity contribution in [3.63, 3.8) is 0 Å². The van der Waals surface area contributed by atoms with E-state index in [0.29, 0.717) is 68.1 Å². The first-order valence-corrected chi connectivity index (χ1v) is 16.8. The van der Waals surface area contributed by atoms with E-state index in [4.69, 9.17) is 14.2 Å². The maximum absolute atomic E-state index is 15.5. The van der Waals surface area contributed by atoms with Gasteiger partial charge in [-0.2, -0.15) is 0 Å². The number of aryl methyl sites for hydroxylation is 1. The Labute approximate surface area is 280 Å². The van der Waals surface area contributed by atoms with Crippen molar-refractivity contribution in [2.75, 3.05) is 53.6 Å². The van der Waals surface area contributed by atoms with Crippen molar-refractivity contribution in [1.82, 2.24) is 14.7 Å². The van der Waals surface area contributed by atoms with Crippen LogP contribution in [0.4, 0.5) is 9.18 Å². The van der Waals surface area contributed by atoms with Crippen molar-refractivity contribution >= 4 is 17.9 Å². The van der Waals surface area contributed by atoms with Crippen LogP contribution in [-0.2, 0) is 20.6 Å². The molecule has 2 aromatic carbocycles. The average Bonchev–Trinajstić information content (AvgIpc) is 3.03. The number of rotatable bonds is 14. The molecule has 9 nitrogen and oxygen atoms in total. The van der Waals surface area contributed by atoms with Gasteiger partial charge in [-0.3, -0.25) is 9.59 Å². The van der Waals surface area contributed by atoms with Crippen molar-refractivity contribution in [3.8, 4) is 11.1 Å². The molecule has 1 unspecified atom stereocenters. The van der Waals surface area contributed by atoms with Crippen molar-refractivity contribution in [1.29, 1.82) is 0 Å². The molecule has 1 atom stereocenters. The highest BCUT2D eigenvalue weighted by molar-refractivity contribution is 5.97. The Morgan fingerprint density at radius 1 is 0.957 bits per heavy atom. The van der Waals surface area contributed by atoms with Gasteiger partial charge in [0.2, 0.25) is 0 Å². The molecule has 260 valence electrons. The Morgan fingerprint density at radius 3 is 2.28 bits per heavy atom. The van der Waals surface area contributed by atoms with Gasteiger partial charge in [0.15, 0.2) is 0 Å². The molecule has 3 rings (SSSR count). The zero-order valence-corrected chi connectivity index (χ0v) is 29.6. The number of likely N-dealkylation sites (N-methyl/N-ethyl adjacent to an activating group) is 1. The number of piperidine rings is 1. The predicted octanol–water partition coefficient (Wildman–Crippen LogP) is 6.82. The Bertz CT molecular complexity index is 1360. The number of ether oxygens (including phenoxy) is 3. The largest absolute Gasteiger partial charge is 0.444 e. The number of amides is 3. The molecule has 0 radical (unpaired) electrons. The van der Waals surface area contributed by atoms with Crippen LogP contribution >= 0.6 is 0 Å². The van der Waals surface area contributed by atoms with Crippen LogP contribution in [0.1, 0.15) is 93.5 Å². The molecule has 1 fully saturated rings. The third-order valence-corrected chi connectivity index (χ3v) is 8.37. The van der Waals surface area contributed by atoms with Crippen LogP contribution in [0.15, 0.2) is 36.4 Å². The molecule has 10 heteroatoms. The molecule has 0 aromatic heterocycles. The zero-order valence-electron chi connectivity index (χ0n) is 29.6. The van der Waals surface area contributed by atoms with Gasteiger partial charge in [-0.1, -0.05) is 6.07 Å². The van der Waals surface area contributed by atoms with Gasteiger partial charge in [-0.25, -0.2) is 9.18 Å². The smallest absolute Gasteiger partial charge is 0.410 e. The van der Waals surface area contributed by atoms with Gasteiger partial charge >= 0.3 is 6.09 Å².